The number of unbranched alkanes of at least 4 members (excludes halogenated alkanes) is 12. The summed E-state index contributed by atoms with van der Waals surface area (Å²) < 4.78 is 28.8. The SMILES string of the molecule is CCCCCCCCCCCCCCCS(=O)(=O)NC(C)CCC[N+](CC)(CC)CC. The van der Waals surface area contributed by atoms with Crippen molar-refractivity contribution in [2.24, 2.45) is 0 Å². The second-order valence-electron chi connectivity index (χ2n) is 9.74. The molecule has 0 saturated heterocycles. The maximum absolute atomic E-state index is 12.4. The highest BCUT2D eigenvalue weighted by Crippen LogP contribution is 2.13. The molecule has 0 aliphatic carbocycles. The van der Waals surface area contributed by atoms with Gasteiger partial charge >= 0.3 is 0 Å². The molecule has 0 aliphatic heterocycles. The van der Waals surface area contributed by atoms with Crippen LogP contribution in [0.3, 0.4) is 0 Å². The number of nitrogens with one attached hydrogen (secondary N) is 1. The lowest BCUT2D eigenvalue weighted by molar-refractivity contribution is -0.923. The Morgan fingerprint density at radius 2 is 1.06 bits per heavy atom. The van der Waals surface area contributed by atoms with E-state index in [0.717, 1.165) is 56.3 Å². The van der Waals surface area contributed by atoms with Crippen molar-refractivity contribution in [3.63, 3.8) is 0 Å². The topological polar surface area (TPSA) is 46.2 Å². The van der Waals surface area contributed by atoms with E-state index in [1.54, 1.807) is 0 Å². The van der Waals surface area contributed by atoms with Crippen LogP contribution in [0.2, 0.25) is 0 Å². The maximum Gasteiger partial charge on any atom is 0.211 e. The van der Waals surface area contributed by atoms with E-state index in [-0.39, 0.29) is 11.8 Å². The van der Waals surface area contributed by atoms with Crippen LogP contribution < -0.4 is 4.72 Å². The average molecular weight is 462 g/mol. The van der Waals surface area contributed by atoms with Gasteiger partial charge in [0.1, 0.15) is 0 Å². The summed E-state index contributed by atoms with van der Waals surface area (Å²) in [6.07, 6.45) is 18.6. The normalized spacial score (nSPS) is 13.6. The summed E-state index contributed by atoms with van der Waals surface area (Å²) in [6.45, 7) is 15.7. The van der Waals surface area contributed by atoms with E-state index in [2.05, 4.69) is 32.4 Å². The predicted octanol–water partition coefficient (Wildman–Crippen LogP) is 7.04. The first-order valence-electron chi connectivity index (χ1n) is 13.7. The highest BCUT2D eigenvalue weighted by molar-refractivity contribution is 7.89. The molecule has 0 rings (SSSR count). The van der Waals surface area contributed by atoms with E-state index >= 15 is 0 Å². The van der Waals surface area contributed by atoms with Crippen molar-refractivity contribution in [3.8, 4) is 0 Å². The molecule has 1 N–H and O–H groups in total. The van der Waals surface area contributed by atoms with E-state index in [4.69, 9.17) is 0 Å². The van der Waals surface area contributed by atoms with E-state index in [1.807, 2.05) is 6.92 Å². The van der Waals surface area contributed by atoms with Crippen LogP contribution in [0.5, 0.6) is 0 Å². The molecule has 4 nitrogen and oxygen atoms in total. The molecular formula is C26H57N2O2S+. The molecule has 0 radical (unpaired) electrons. The molecule has 31 heavy (non-hydrogen) atoms. The summed E-state index contributed by atoms with van der Waals surface area (Å²) in [4.78, 5) is 0. The van der Waals surface area contributed by atoms with Gasteiger partial charge in [-0.3, -0.25) is 0 Å². The molecular weight excluding hydrogens is 404 g/mol. The van der Waals surface area contributed by atoms with Gasteiger partial charge in [-0.25, -0.2) is 13.1 Å². The Kier molecular flexibility index (Phi) is 19.3. The summed E-state index contributed by atoms with van der Waals surface area (Å²) in [5.41, 5.74) is 0. The van der Waals surface area contributed by atoms with Crippen LogP contribution in [0.1, 0.15) is 131 Å². The van der Waals surface area contributed by atoms with Crippen molar-refractivity contribution in [1.29, 1.82) is 0 Å². The van der Waals surface area contributed by atoms with E-state index in [1.165, 1.54) is 70.6 Å². The van der Waals surface area contributed by atoms with Crippen LogP contribution in [0.4, 0.5) is 0 Å². The van der Waals surface area contributed by atoms with Crippen molar-refractivity contribution in [2.75, 3.05) is 31.9 Å². The summed E-state index contributed by atoms with van der Waals surface area (Å²) >= 11 is 0. The average Bonchev–Trinajstić information content (AvgIpc) is 2.74. The van der Waals surface area contributed by atoms with Crippen molar-refractivity contribution in [1.82, 2.24) is 4.72 Å². The van der Waals surface area contributed by atoms with Gasteiger partial charge < -0.3 is 4.48 Å². The number of sulfonamides is 1. The smallest absolute Gasteiger partial charge is 0.211 e. The minimum atomic E-state index is -3.13. The zero-order valence-corrected chi connectivity index (χ0v) is 22.7. The first-order chi connectivity index (χ1) is 14.8. The number of quaternary nitrogens is 1. The van der Waals surface area contributed by atoms with Crippen LogP contribution in [0.25, 0.3) is 0 Å². The Balaban J connectivity index is 3.71. The summed E-state index contributed by atoms with van der Waals surface area (Å²) in [7, 11) is -3.13. The molecule has 0 aromatic heterocycles. The third-order valence-electron chi connectivity index (χ3n) is 7.18. The molecule has 0 saturated carbocycles. The monoisotopic (exact) mass is 461 g/mol. The Bertz CT molecular complexity index is 481. The lowest BCUT2D eigenvalue weighted by Gasteiger charge is -2.36. The Morgan fingerprint density at radius 3 is 1.48 bits per heavy atom. The molecule has 0 heterocycles. The van der Waals surface area contributed by atoms with Crippen molar-refractivity contribution >= 4 is 10.0 Å². The molecule has 1 unspecified atom stereocenters. The molecule has 0 spiro atoms. The van der Waals surface area contributed by atoms with Crippen LogP contribution in [0.15, 0.2) is 0 Å². The van der Waals surface area contributed by atoms with Gasteiger partial charge in [0.05, 0.1) is 31.9 Å². The van der Waals surface area contributed by atoms with Crippen molar-refractivity contribution < 1.29 is 12.9 Å². The molecule has 0 aliphatic rings. The molecule has 0 fully saturated rings. The largest absolute Gasteiger partial charge is 0.324 e. The first kappa shape index (κ1) is 30.9. The van der Waals surface area contributed by atoms with Crippen LogP contribution in [-0.4, -0.2) is 50.9 Å². The minimum Gasteiger partial charge on any atom is -0.324 e. The highest BCUT2D eigenvalue weighted by Gasteiger charge is 2.21. The van der Waals surface area contributed by atoms with Crippen molar-refractivity contribution in [2.45, 2.75) is 137 Å². The van der Waals surface area contributed by atoms with E-state index < -0.39 is 10.0 Å². The van der Waals surface area contributed by atoms with Gasteiger partial charge in [-0.05, 0) is 47.0 Å². The van der Waals surface area contributed by atoms with Gasteiger partial charge in [-0.2, -0.15) is 0 Å². The van der Waals surface area contributed by atoms with Gasteiger partial charge in [-0.15, -0.1) is 0 Å². The van der Waals surface area contributed by atoms with E-state index in [0.29, 0.717) is 0 Å². The fourth-order valence-electron chi connectivity index (χ4n) is 4.61. The first-order valence-corrected chi connectivity index (χ1v) is 15.3. The Labute approximate surface area is 196 Å². The molecule has 0 aromatic rings. The van der Waals surface area contributed by atoms with Gasteiger partial charge in [-0.1, -0.05) is 84.0 Å². The van der Waals surface area contributed by atoms with Crippen LogP contribution in [-0.2, 0) is 10.0 Å². The number of hydrogen-bond donors (Lipinski definition) is 1. The fraction of sp³-hybridized carbons (Fsp3) is 1.00. The zero-order valence-electron chi connectivity index (χ0n) is 21.9. The third-order valence-corrected chi connectivity index (χ3v) is 8.77. The Hall–Kier alpha value is -0.130. The predicted molar refractivity (Wildman–Crippen MR) is 138 cm³/mol. The quantitative estimate of drug-likeness (QED) is 0.131. The second kappa shape index (κ2) is 19.3. The summed E-state index contributed by atoms with van der Waals surface area (Å²) in [6, 6.07) is 0.0411. The fourth-order valence-corrected chi connectivity index (χ4v) is 6.05. The van der Waals surface area contributed by atoms with Gasteiger partial charge in [0, 0.05) is 6.04 Å². The molecule has 5 heteroatoms. The van der Waals surface area contributed by atoms with Gasteiger partial charge in [0.2, 0.25) is 10.0 Å². The van der Waals surface area contributed by atoms with Crippen LogP contribution in [0, 0.1) is 0 Å². The molecule has 0 aromatic carbocycles. The van der Waals surface area contributed by atoms with E-state index in [9.17, 15) is 8.42 Å². The maximum atomic E-state index is 12.4. The minimum absolute atomic E-state index is 0.0411. The zero-order chi connectivity index (χ0) is 23.4. The number of hydrogen-bond acceptors (Lipinski definition) is 2. The molecule has 188 valence electrons. The number of rotatable bonds is 23. The molecule has 0 bridgehead atoms. The third kappa shape index (κ3) is 17.1. The Morgan fingerprint density at radius 1 is 0.645 bits per heavy atom. The number of nitrogens with zero attached hydrogens (tertiary/aromatic N) is 1. The summed E-state index contributed by atoms with van der Waals surface area (Å²) in [5.74, 6) is 0.286. The van der Waals surface area contributed by atoms with Gasteiger partial charge in [0.15, 0.2) is 0 Å². The summed E-state index contributed by atoms with van der Waals surface area (Å²) in [5, 5.41) is 0. The lowest BCUT2D eigenvalue weighted by Crippen LogP contribution is -2.48. The molecule has 0 amide bonds. The lowest BCUT2D eigenvalue weighted by atomic mass is 10.1. The molecule has 1 atom stereocenters. The highest BCUT2D eigenvalue weighted by atomic mass is 32.2. The second-order valence-corrected chi connectivity index (χ2v) is 11.6. The van der Waals surface area contributed by atoms with Crippen LogP contribution >= 0.6 is 0 Å². The van der Waals surface area contributed by atoms with Crippen molar-refractivity contribution in [3.05, 3.63) is 0 Å². The van der Waals surface area contributed by atoms with Gasteiger partial charge in [0.25, 0.3) is 0 Å². The standard InChI is InChI=1S/C26H57N2O2S/c1-6-10-11-12-13-14-15-16-17-18-19-20-21-25-31(29,30)27-26(5)23-22-24-28(7-2,8-3)9-4/h26-27H,6-25H2,1-5H3/q+1.